The van der Waals surface area contributed by atoms with Gasteiger partial charge >= 0.3 is 11.9 Å². The van der Waals surface area contributed by atoms with Gasteiger partial charge in [0.05, 0.1) is 10.9 Å². The summed E-state index contributed by atoms with van der Waals surface area (Å²) in [6.07, 6.45) is 4.52. The second-order valence-corrected chi connectivity index (χ2v) is 8.72. The summed E-state index contributed by atoms with van der Waals surface area (Å²) in [7, 11) is 2.53. The second kappa shape index (κ2) is 8.26. The molecule has 2 aromatic heterocycles. The summed E-state index contributed by atoms with van der Waals surface area (Å²) in [5.74, 6) is 0.509. The highest BCUT2D eigenvalue weighted by molar-refractivity contribution is 5.79. The molecule has 0 aromatic carbocycles. The number of aromatic nitrogens is 3. The van der Waals surface area contributed by atoms with Gasteiger partial charge in [-0.05, 0) is 57.2 Å². The Morgan fingerprint density at radius 2 is 1.77 bits per heavy atom. The van der Waals surface area contributed by atoms with Crippen molar-refractivity contribution >= 4 is 11.0 Å². The molecule has 0 bridgehead atoms. The molecule has 0 radical (unpaired) electrons. The van der Waals surface area contributed by atoms with Gasteiger partial charge in [-0.2, -0.15) is 13.2 Å². The Labute approximate surface area is 178 Å². The normalized spacial score (nSPS) is 21.1. The van der Waals surface area contributed by atoms with E-state index in [1.807, 2.05) is 0 Å². The summed E-state index contributed by atoms with van der Waals surface area (Å²) in [5.41, 5.74) is -2.56. The lowest BCUT2D eigenvalue weighted by molar-refractivity contribution is -0.136. The van der Waals surface area contributed by atoms with Crippen LogP contribution >= 0.6 is 0 Å². The number of rotatable bonds is 3. The monoisotopic (exact) mass is 436 g/mol. The SMILES string of the molecule is Cn1c(=O)c2c(C(F)(F)F)cc(C3CCN(C[C@H]4CC=CCC4)CC3)nc2n(C)c1=O. The molecule has 4 rings (SSSR count). The molecule has 1 aliphatic carbocycles. The van der Waals surface area contributed by atoms with E-state index in [0.29, 0.717) is 29.0 Å². The van der Waals surface area contributed by atoms with Crippen LogP contribution in [0.15, 0.2) is 27.8 Å². The highest BCUT2D eigenvalue weighted by Crippen LogP contribution is 2.36. The molecule has 1 saturated heterocycles. The summed E-state index contributed by atoms with van der Waals surface area (Å²) < 4.78 is 43.3. The highest BCUT2D eigenvalue weighted by atomic mass is 19.4. The fraction of sp³-hybridized carbons (Fsp3) is 0.591. The summed E-state index contributed by atoms with van der Waals surface area (Å²) >= 11 is 0. The standard InChI is InChI=1S/C22H27F3N4O2/c1-27-19-18(20(30)28(2)21(27)31)16(22(23,24)25)12-17(26-19)15-8-10-29(11-9-15)13-14-6-4-3-5-7-14/h3-4,12,14-15H,5-11,13H2,1-2H3/t14-/m0/s1. The molecule has 31 heavy (non-hydrogen) atoms. The maximum absolute atomic E-state index is 13.9. The molecule has 3 heterocycles. The molecule has 0 spiro atoms. The van der Waals surface area contributed by atoms with Gasteiger partial charge in [-0.15, -0.1) is 0 Å². The molecule has 2 aliphatic rings. The van der Waals surface area contributed by atoms with E-state index in [4.69, 9.17) is 0 Å². The molecule has 0 saturated carbocycles. The third kappa shape index (κ3) is 4.20. The van der Waals surface area contributed by atoms with Crippen LogP contribution in [0.25, 0.3) is 11.0 Å². The Bertz CT molecular complexity index is 1120. The number of halogens is 3. The number of hydrogen-bond donors (Lipinski definition) is 0. The van der Waals surface area contributed by atoms with Crippen LogP contribution in [0.3, 0.4) is 0 Å². The third-order valence-corrected chi connectivity index (χ3v) is 6.64. The molecule has 1 aliphatic heterocycles. The first-order chi connectivity index (χ1) is 14.7. The topological polar surface area (TPSA) is 60.1 Å². The van der Waals surface area contributed by atoms with Gasteiger partial charge < -0.3 is 4.90 Å². The van der Waals surface area contributed by atoms with Gasteiger partial charge in [0.2, 0.25) is 0 Å². The lowest BCUT2D eigenvalue weighted by Crippen LogP contribution is -2.39. The van der Waals surface area contributed by atoms with E-state index in [1.165, 1.54) is 20.5 Å². The minimum Gasteiger partial charge on any atom is -0.303 e. The van der Waals surface area contributed by atoms with Crippen LogP contribution in [0.2, 0.25) is 0 Å². The molecule has 6 nitrogen and oxygen atoms in total. The smallest absolute Gasteiger partial charge is 0.303 e. The van der Waals surface area contributed by atoms with Gasteiger partial charge in [0.1, 0.15) is 5.65 Å². The minimum absolute atomic E-state index is 0.132. The number of hydrogen-bond acceptors (Lipinski definition) is 4. The van der Waals surface area contributed by atoms with Crippen LogP contribution in [0, 0.1) is 5.92 Å². The lowest BCUT2D eigenvalue weighted by atomic mass is 9.89. The number of allylic oxidation sites excluding steroid dienone is 2. The van der Waals surface area contributed by atoms with Crippen molar-refractivity contribution in [3.05, 3.63) is 50.3 Å². The summed E-state index contributed by atoms with van der Waals surface area (Å²) in [6, 6.07) is 1.01. The van der Waals surface area contributed by atoms with Crippen molar-refractivity contribution in [3.8, 4) is 0 Å². The van der Waals surface area contributed by atoms with Crippen molar-refractivity contribution in [1.29, 1.82) is 0 Å². The van der Waals surface area contributed by atoms with Crippen LogP contribution in [0.4, 0.5) is 13.2 Å². The number of alkyl halides is 3. The van der Waals surface area contributed by atoms with Crippen molar-refractivity contribution in [2.75, 3.05) is 19.6 Å². The number of fused-ring (bicyclic) bond motifs is 1. The first-order valence-electron chi connectivity index (χ1n) is 10.7. The van der Waals surface area contributed by atoms with E-state index in [0.717, 1.165) is 43.1 Å². The van der Waals surface area contributed by atoms with Gasteiger partial charge in [-0.25, -0.2) is 9.78 Å². The second-order valence-electron chi connectivity index (χ2n) is 8.72. The third-order valence-electron chi connectivity index (χ3n) is 6.64. The van der Waals surface area contributed by atoms with E-state index < -0.39 is 28.4 Å². The lowest BCUT2D eigenvalue weighted by Gasteiger charge is -2.34. The Balaban J connectivity index is 1.65. The molecule has 0 amide bonds. The molecule has 0 N–H and O–H groups in total. The van der Waals surface area contributed by atoms with E-state index >= 15 is 0 Å². The van der Waals surface area contributed by atoms with Gasteiger partial charge in [0, 0.05) is 32.3 Å². The average molecular weight is 436 g/mol. The van der Waals surface area contributed by atoms with Crippen LogP contribution in [0.1, 0.15) is 49.3 Å². The zero-order valence-electron chi connectivity index (χ0n) is 17.8. The fourth-order valence-electron chi connectivity index (χ4n) is 4.81. The highest BCUT2D eigenvalue weighted by Gasteiger charge is 2.37. The number of likely N-dealkylation sites (tertiary alicyclic amines) is 1. The first-order valence-corrected chi connectivity index (χ1v) is 10.7. The fourth-order valence-corrected chi connectivity index (χ4v) is 4.81. The predicted molar refractivity (Wildman–Crippen MR) is 112 cm³/mol. The summed E-state index contributed by atoms with van der Waals surface area (Å²) in [5, 5.41) is -0.552. The zero-order chi connectivity index (χ0) is 22.3. The maximum Gasteiger partial charge on any atom is 0.417 e. The molecule has 1 fully saturated rings. The van der Waals surface area contributed by atoms with E-state index in [-0.39, 0.29) is 11.6 Å². The maximum atomic E-state index is 13.9. The van der Waals surface area contributed by atoms with E-state index in [9.17, 15) is 22.8 Å². The Morgan fingerprint density at radius 3 is 2.39 bits per heavy atom. The number of piperidine rings is 1. The predicted octanol–water partition coefficient (Wildman–Crippen LogP) is 3.19. The number of nitrogens with zero attached hydrogens (tertiary/aromatic N) is 4. The van der Waals surface area contributed by atoms with Gasteiger partial charge in [0.15, 0.2) is 0 Å². The summed E-state index contributed by atoms with van der Waals surface area (Å²) in [4.78, 5) is 31.5. The van der Waals surface area contributed by atoms with E-state index in [2.05, 4.69) is 22.0 Å². The molecule has 2 aromatic rings. The average Bonchev–Trinajstić information content (AvgIpc) is 2.76. The van der Waals surface area contributed by atoms with Gasteiger partial charge in [-0.3, -0.25) is 13.9 Å². The van der Waals surface area contributed by atoms with Crippen LogP contribution in [0.5, 0.6) is 0 Å². The van der Waals surface area contributed by atoms with Crippen molar-refractivity contribution < 1.29 is 13.2 Å². The quantitative estimate of drug-likeness (QED) is 0.694. The Morgan fingerprint density at radius 1 is 1.06 bits per heavy atom. The van der Waals surface area contributed by atoms with Crippen molar-refractivity contribution in [2.45, 2.75) is 44.2 Å². The van der Waals surface area contributed by atoms with E-state index in [1.54, 1.807) is 0 Å². The van der Waals surface area contributed by atoms with Crippen LogP contribution in [-0.2, 0) is 20.3 Å². The molecular formula is C22H27F3N4O2. The molecule has 1 atom stereocenters. The Kier molecular flexibility index (Phi) is 5.81. The largest absolute Gasteiger partial charge is 0.417 e. The molecule has 0 unspecified atom stereocenters. The van der Waals surface area contributed by atoms with Gasteiger partial charge in [-0.1, -0.05) is 12.2 Å². The van der Waals surface area contributed by atoms with Crippen LogP contribution in [-0.4, -0.2) is 38.7 Å². The number of pyridine rings is 1. The molecule has 9 heteroatoms. The van der Waals surface area contributed by atoms with Crippen LogP contribution < -0.4 is 11.2 Å². The van der Waals surface area contributed by atoms with Crippen molar-refractivity contribution in [3.63, 3.8) is 0 Å². The molecule has 168 valence electrons. The first kappa shape index (κ1) is 21.8. The summed E-state index contributed by atoms with van der Waals surface area (Å²) in [6.45, 7) is 2.63. The number of aryl methyl sites for hydroxylation is 1. The van der Waals surface area contributed by atoms with Gasteiger partial charge in [0.25, 0.3) is 5.56 Å². The van der Waals surface area contributed by atoms with Crippen molar-refractivity contribution in [1.82, 2.24) is 19.0 Å². The Hall–Kier alpha value is -2.42. The minimum atomic E-state index is -4.71. The van der Waals surface area contributed by atoms with Crippen molar-refractivity contribution in [2.24, 2.45) is 20.0 Å². The molecular weight excluding hydrogens is 409 g/mol. The zero-order valence-corrected chi connectivity index (χ0v) is 17.8.